The second kappa shape index (κ2) is 6.12. The van der Waals surface area contributed by atoms with Crippen LogP contribution in [-0.4, -0.2) is 20.1 Å². The van der Waals surface area contributed by atoms with Gasteiger partial charge in [-0.1, -0.05) is 0 Å². The quantitative estimate of drug-likeness (QED) is 0.491. The van der Waals surface area contributed by atoms with Gasteiger partial charge >= 0.3 is 0 Å². The van der Waals surface area contributed by atoms with Gasteiger partial charge < -0.3 is 14.1 Å². The van der Waals surface area contributed by atoms with E-state index < -0.39 is 0 Å². The van der Waals surface area contributed by atoms with Gasteiger partial charge in [-0.05, 0) is 30.3 Å². The maximum absolute atomic E-state index is 11.3. The van der Waals surface area contributed by atoms with E-state index in [4.69, 9.17) is 15.0 Å². The topological polar surface area (TPSA) is 80.7 Å². The first-order chi connectivity index (χ1) is 9.63. The number of methoxy groups -OCH3 is 1. The van der Waals surface area contributed by atoms with Crippen molar-refractivity contribution in [3.05, 3.63) is 47.9 Å². The normalized spacial score (nSPS) is 10.2. The smallest absolute Gasteiger partial charge is 0.268 e. The number of amides is 1. The van der Waals surface area contributed by atoms with Crippen LogP contribution in [0.15, 0.2) is 41.0 Å². The van der Waals surface area contributed by atoms with Crippen LogP contribution in [0.1, 0.15) is 16.1 Å². The molecule has 0 unspecified atom stereocenters. The minimum atomic E-state index is -0.368. The molecule has 0 bridgehead atoms. The van der Waals surface area contributed by atoms with Crippen LogP contribution < -0.4 is 20.9 Å². The van der Waals surface area contributed by atoms with Gasteiger partial charge in [-0.25, -0.2) is 5.84 Å². The summed E-state index contributed by atoms with van der Waals surface area (Å²) in [5, 5.41) is 0. The number of hydrogen-bond acceptors (Lipinski definition) is 5. The van der Waals surface area contributed by atoms with Gasteiger partial charge in [0.05, 0.1) is 19.2 Å². The first-order valence-corrected chi connectivity index (χ1v) is 6.07. The van der Waals surface area contributed by atoms with Crippen LogP contribution in [0, 0.1) is 0 Å². The molecule has 0 saturated carbocycles. The summed E-state index contributed by atoms with van der Waals surface area (Å²) in [5.74, 6) is 6.19. The highest BCUT2D eigenvalue weighted by molar-refractivity contribution is 5.93. The maximum Gasteiger partial charge on any atom is 0.268 e. The summed E-state index contributed by atoms with van der Waals surface area (Å²) in [6.07, 6.45) is 1.39. The molecule has 20 heavy (non-hydrogen) atoms. The molecule has 6 nitrogen and oxygen atoms in total. The fourth-order valence-electron chi connectivity index (χ4n) is 1.83. The van der Waals surface area contributed by atoms with Crippen molar-refractivity contribution < 1.29 is 13.9 Å². The molecule has 2 rings (SSSR count). The minimum absolute atomic E-state index is 0.368. The van der Waals surface area contributed by atoms with Crippen molar-refractivity contribution in [2.24, 2.45) is 5.84 Å². The number of ether oxygens (including phenoxy) is 1. The van der Waals surface area contributed by atoms with Crippen molar-refractivity contribution >= 4 is 11.6 Å². The minimum Gasteiger partial charge on any atom is -0.497 e. The van der Waals surface area contributed by atoms with E-state index in [0.717, 1.165) is 11.4 Å². The van der Waals surface area contributed by atoms with Gasteiger partial charge in [-0.15, -0.1) is 0 Å². The number of nitrogens with two attached hydrogens (primary N) is 1. The molecule has 1 amide bonds. The molecule has 0 aliphatic rings. The zero-order valence-electron chi connectivity index (χ0n) is 11.4. The lowest BCUT2D eigenvalue weighted by Crippen LogP contribution is -2.29. The lowest BCUT2D eigenvalue weighted by molar-refractivity contribution is 0.0953. The van der Waals surface area contributed by atoms with E-state index >= 15 is 0 Å². The lowest BCUT2D eigenvalue weighted by Gasteiger charge is -2.18. The average molecular weight is 275 g/mol. The van der Waals surface area contributed by atoms with Gasteiger partial charge in [-0.2, -0.15) is 0 Å². The molecule has 1 heterocycles. The highest BCUT2D eigenvalue weighted by Crippen LogP contribution is 2.20. The Kier molecular flexibility index (Phi) is 4.27. The summed E-state index contributed by atoms with van der Waals surface area (Å²) in [5.41, 5.74) is 3.49. The van der Waals surface area contributed by atoms with Crippen molar-refractivity contribution in [2.45, 2.75) is 6.54 Å². The zero-order chi connectivity index (χ0) is 14.5. The molecule has 0 fully saturated rings. The third-order valence-electron chi connectivity index (χ3n) is 2.95. The van der Waals surface area contributed by atoms with Crippen molar-refractivity contribution in [1.82, 2.24) is 5.43 Å². The maximum atomic E-state index is 11.3. The Balaban J connectivity index is 2.04. The average Bonchev–Trinajstić information content (AvgIpc) is 2.95. The number of anilines is 1. The molecular weight excluding hydrogens is 258 g/mol. The highest BCUT2D eigenvalue weighted by Gasteiger charge is 2.10. The highest BCUT2D eigenvalue weighted by atomic mass is 16.5. The standard InChI is InChI=1S/C14H17N3O3/c1-17(11-3-5-12(19-2)6-4-11)8-13-7-10(9-20-13)14(18)16-15/h3-7,9H,8,15H2,1-2H3,(H,16,18). The summed E-state index contributed by atoms with van der Waals surface area (Å²) in [4.78, 5) is 13.3. The Bertz CT molecular complexity index is 578. The van der Waals surface area contributed by atoms with E-state index in [1.807, 2.05) is 36.2 Å². The molecule has 1 aromatic carbocycles. The molecule has 0 saturated heterocycles. The molecule has 0 radical (unpaired) electrons. The van der Waals surface area contributed by atoms with Crippen molar-refractivity contribution in [3.63, 3.8) is 0 Å². The predicted molar refractivity (Wildman–Crippen MR) is 75.5 cm³/mol. The monoisotopic (exact) mass is 275 g/mol. The van der Waals surface area contributed by atoms with Crippen LogP contribution in [0.2, 0.25) is 0 Å². The molecule has 0 aliphatic carbocycles. The molecule has 0 spiro atoms. The van der Waals surface area contributed by atoms with E-state index in [9.17, 15) is 4.79 Å². The molecule has 106 valence electrons. The molecule has 3 N–H and O–H groups in total. The third-order valence-corrected chi connectivity index (χ3v) is 2.95. The first kappa shape index (κ1) is 14.0. The second-order valence-electron chi connectivity index (χ2n) is 4.33. The van der Waals surface area contributed by atoms with Gasteiger partial charge in [0.1, 0.15) is 17.8 Å². The summed E-state index contributed by atoms with van der Waals surface area (Å²) in [7, 11) is 3.57. The van der Waals surface area contributed by atoms with Crippen molar-refractivity contribution in [2.75, 3.05) is 19.1 Å². The zero-order valence-corrected chi connectivity index (χ0v) is 11.4. The summed E-state index contributed by atoms with van der Waals surface area (Å²) >= 11 is 0. The van der Waals surface area contributed by atoms with E-state index in [1.54, 1.807) is 13.2 Å². The number of hydrazine groups is 1. The summed E-state index contributed by atoms with van der Waals surface area (Å²) < 4.78 is 10.5. The van der Waals surface area contributed by atoms with E-state index in [-0.39, 0.29) is 5.91 Å². The van der Waals surface area contributed by atoms with Crippen LogP contribution in [0.4, 0.5) is 5.69 Å². The number of furan rings is 1. The number of nitrogen functional groups attached to an aromatic ring is 1. The number of nitrogens with zero attached hydrogens (tertiary/aromatic N) is 1. The Hall–Kier alpha value is -2.47. The van der Waals surface area contributed by atoms with Crippen LogP contribution in [0.5, 0.6) is 5.75 Å². The Morgan fingerprint density at radius 3 is 2.70 bits per heavy atom. The SMILES string of the molecule is COc1ccc(N(C)Cc2cc(C(=O)NN)co2)cc1. The van der Waals surface area contributed by atoms with Crippen LogP contribution >= 0.6 is 0 Å². The third kappa shape index (κ3) is 3.10. The van der Waals surface area contributed by atoms with Crippen LogP contribution in [0.3, 0.4) is 0 Å². The number of benzene rings is 1. The number of nitrogens with one attached hydrogen (secondary N) is 1. The van der Waals surface area contributed by atoms with Gasteiger partial charge in [0, 0.05) is 12.7 Å². The fourth-order valence-corrected chi connectivity index (χ4v) is 1.83. The number of carbonyl (C=O) groups excluding carboxylic acids is 1. The largest absolute Gasteiger partial charge is 0.497 e. The molecule has 1 aromatic heterocycles. The fraction of sp³-hybridized carbons (Fsp3) is 0.214. The second-order valence-corrected chi connectivity index (χ2v) is 4.33. The number of rotatable bonds is 5. The first-order valence-electron chi connectivity index (χ1n) is 6.07. The van der Waals surface area contributed by atoms with Crippen LogP contribution in [0.25, 0.3) is 0 Å². The van der Waals surface area contributed by atoms with E-state index in [0.29, 0.717) is 17.9 Å². The predicted octanol–water partition coefficient (Wildman–Crippen LogP) is 1.53. The summed E-state index contributed by atoms with van der Waals surface area (Å²) in [6.45, 7) is 0.546. The Labute approximate surface area is 117 Å². The number of carbonyl (C=O) groups is 1. The van der Waals surface area contributed by atoms with Crippen molar-refractivity contribution in [1.29, 1.82) is 0 Å². The van der Waals surface area contributed by atoms with Gasteiger partial charge in [0.2, 0.25) is 0 Å². The van der Waals surface area contributed by atoms with E-state index in [2.05, 4.69) is 5.43 Å². The van der Waals surface area contributed by atoms with Crippen LogP contribution in [-0.2, 0) is 6.54 Å². The number of hydrogen-bond donors (Lipinski definition) is 2. The van der Waals surface area contributed by atoms with E-state index in [1.165, 1.54) is 6.26 Å². The molecule has 0 atom stereocenters. The van der Waals surface area contributed by atoms with Gasteiger partial charge in [0.15, 0.2) is 0 Å². The van der Waals surface area contributed by atoms with Crippen molar-refractivity contribution in [3.8, 4) is 5.75 Å². The molecule has 0 aliphatic heterocycles. The lowest BCUT2D eigenvalue weighted by atomic mass is 10.2. The Morgan fingerprint density at radius 2 is 2.10 bits per heavy atom. The summed E-state index contributed by atoms with van der Waals surface area (Å²) in [6, 6.07) is 9.36. The molecular formula is C14H17N3O3. The van der Waals surface area contributed by atoms with Gasteiger partial charge in [-0.3, -0.25) is 10.2 Å². The molecule has 6 heteroatoms. The Morgan fingerprint density at radius 1 is 1.40 bits per heavy atom. The molecule has 2 aromatic rings. The van der Waals surface area contributed by atoms with Gasteiger partial charge in [0.25, 0.3) is 5.91 Å².